The number of fused-ring (bicyclic) bond motifs is 1. The molecule has 0 saturated heterocycles. The fourth-order valence-electron chi connectivity index (χ4n) is 1.85. The molecule has 1 aromatic carbocycles. The van der Waals surface area contributed by atoms with E-state index in [-0.39, 0.29) is 18.9 Å². The normalized spacial score (nSPS) is 14.2. The van der Waals surface area contributed by atoms with Crippen LogP contribution in [0.2, 0.25) is 0 Å². The topological polar surface area (TPSA) is 68.2 Å². The van der Waals surface area contributed by atoms with Crippen LogP contribution in [0, 0.1) is 4.91 Å². The lowest BCUT2D eigenvalue weighted by molar-refractivity contribution is -0.132. The number of nitrogens with zero attached hydrogens (tertiary/aromatic N) is 2. The van der Waals surface area contributed by atoms with E-state index in [1.807, 2.05) is 0 Å². The molecule has 0 unspecified atom stereocenters. The summed E-state index contributed by atoms with van der Waals surface area (Å²) in [4.78, 5) is 22.0. The summed E-state index contributed by atoms with van der Waals surface area (Å²) in [5.74, 6) is 0.845. The highest BCUT2D eigenvalue weighted by atomic mass is 16.5. The van der Waals surface area contributed by atoms with Crippen molar-refractivity contribution in [3.63, 3.8) is 0 Å². The summed E-state index contributed by atoms with van der Waals surface area (Å²) in [6.45, 7) is 0.179. The van der Waals surface area contributed by atoms with E-state index in [1.165, 1.54) is 14.2 Å². The van der Waals surface area contributed by atoms with Gasteiger partial charge in [0.25, 0.3) is 0 Å². The fourth-order valence-corrected chi connectivity index (χ4v) is 1.85. The molecule has 0 saturated carbocycles. The van der Waals surface area contributed by atoms with Crippen LogP contribution in [0.3, 0.4) is 0 Å². The number of hydrogen-bond donors (Lipinski definition) is 0. The summed E-state index contributed by atoms with van der Waals surface area (Å²) in [7, 11) is 3.07. The molecule has 0 N–H and O–H groups in total. The molecule has 0 bridgehead atoms. The predicted molar refractivity (Wildman–Crippen MR) is 59.6 cm³/mol. The van der Waals surface area contributed by atoms with E-state index in [9.17, 15) is 9.70 Å². The smallest absolute Gasteiger partial charge is 0.249 e. The number of amides is 1. The van der Waals surface area contributed by atoms with E-state index in [4.69, 9.17) is 9.47 Å². The maximum Gasteiger partial charge on any atom is 0.249 e. The number of rotatable bonds is 3. The standard InChI is InChI=1S/C11H12N2O4/c1-16-9-3-7-5-11(14)13(12-15)6-8(7)4-10(9)17-2/h3-4H,5-6H2,1-2H3. The van der Waals surface area contributed by atoms with Crippen LogP contribution in [-0.4, -0.2) is 25.1 Å². The molecule has 17 heavy (non-hydrogen) atoms. The first-order valence-electron chi connectivity index (χ1n) is 5.07. The Morgan fingerprint density at radius 2 is 1.76 bits per heavy atom. The number of nitroso groups, excluding NO2 is 1. The molecular formula is C11H12N2O4. The van der Waals surface area contributed by atoms with Crippen molar-refractivity contribution in [1.82, 2.24) is 5.01 Å². The number of carbonyl (C=O) groups is 1. The van der Waals surface area contributed by atoms with Crippen LogP contribution >= 0.6 is 0 Å². The highest BCUT2D eigenvalue weighted by Gasteiger charge is 2.25. The van der Waals surface area contributed by atoms with Crippen LogP contribution in [0.15, 0.2) is 17.4 Å². The lowest BCUT2D eigenvalue weighted by Crippen LogP contribution is -2.31. The SMILES string of the molecule is COc1cc2c(cc1OC)CN(N=O)C(=O)C2. The molecule has 1 aliphatic heterocycles. The van der Waals surface area contributed by atoms with E-state index in [2.05, 4.69) is 5.29 Å². The third kappa shape index (κ3) is 1.93. The molecule has 6 nitrogen and oxygen atoms in total. The fraction of sp³-hybridized carbons (Fsp3) is 0.364. The summed E-state index contributed by atoms with van der Waals surface area (Å²) in [5, 5.41) is 3.60. The summed E-state index contributed by atoms with van der Waals surface area (Å²) in [6, 6.07) is 3.52. The van der Waals surface area contributed by atoms with Gasteiger partial charge in [-0.1, -0.05) is 0 Å². The molecule has 1 amide bonds. The minimum atomic E-state index is -0.306. The van der Waals surface area contributed by atoms with Gasteiger partial charge in [-0.2, -0.15) is 5.01 Å². The lowest BCUT2D eigenvalue weighted by Gasteiger charge is -2.23. The van der Waals surface area contributed by atoms with Gasteiger partial charge in [-0.25, -0.2) is 0 Å². The average Bonchev–Trinajstić information content (AvgIpc) is 2.36. The van der Waals surface area contributed by atoms with Crippen LogP contribution in [0.4, 0.5) is 0 Å². The summed E-state index contributed by atoms with van der Waals surface area (Å²) < 4.78 is 10.3. The van der Waals surface area contributed by atoms with Crippen molar-refractivity contribution >= 4 is 5.91 Å². The van der Waals surface area contributed by atoms with Gasteiger partial charge < -0.3 is 9.47 Å². The van der Waals surface area contributed by atoms with E-state index in [0.717, 1.165) is 16.1 Å². The van der Waals surface area contributed by atoms with Crippen LogP contribution in [0.5, 0.6) is 11.5 Å². The number of methoxy groups -OCH3 is 2. The van der Waals surface area contributed by atoms with Crippen molar-refractivity contribution in [3.8, 4) is 11.5 Å². The van der Waals surface area contributed by atoms with Gasteiger partial charge in [0.2, 0.25) is 5.91 Å². The summed E-state index contributed by atoms with van der Waals surface area (Å²) >= 11 is 0. The minimum Gasteiger partial charge on any atom is -0.493 e. The van der Waals surface area contributed by atoms with Gasteiger partial charge in [-0.3, -0.25) is 4.79 Å². The number of benzene rings is 1. The van der Waals surface area contributed by atoms with E-state index in [0.29, 0.717) is 11.5 Å². The molecule has 0 spiro atoms. The van der Waals surface area contributed by atoms with Crippen LogP contribution in [-0.2, 0) is 17.8 Å². The Hall–Kier alpha value is -2.11. The van der Waals surface area contributed by atoms with Crippen molar-refractivity contribution in [2.24, 2.45) is 5.29 Å². The Kier molecular flexibility index (Phi) is 2.95. The minimum absolute atomic E-state index is 0.154. The van der Waals surface area contributed by atoms with E-state index >= 15 is 0 Å². The van der Waals surface area contributed by atoms with Gasteiger partial charge in [0.05, 0.1) is 32.5 Å². The van der Waals surface area contributed by atoms with Gasteiger partial charge in [-0.15, -0.1) is 4.91 Å². The molecule has 1 heterocycles. The molecular weight excluding hydrogens is 224 g/mol. The van der Waals surface area contributed by atoms with Crippen LogP contribution in [0.1, 0.15) is 11.1 Å². The maximum atomic E-state index is 11.5. The van der Waals surface area contributed by atoms with Gasteiger partial charge in [0, 0.05) is 0 Å². The second kappa shape index (κ2) is 4.40. The van der Waals surface area contributed by atoms with Gasteiger partial charge >= 0.3 is 0 Å². The second-order valence-corrected chi connectivity index (χ2v) is 3.69. The van der Waals surface area contributed by atoms with E-state index in [1.54, 1.807) is 12.1 Å². The van der Waals surface area contributed by atoms with Crippen molar-refractivity contribution in [1.29, 1.82) is 0 Å². The summed E-state index contributed by atoms with van der Waals surface area (Å²) in [6.07, 6.45) is 0.154. The third-order valence-electron chi connectivity index (χ3n) is 2.75. The lowest BCUT2D eigenvalue weighted by atomic mass is 9.99. The average molecular weight is 236 g/mol. The molecule has 6 heteroatoms. The Morgan fingerprint density at radius 1 is 1.18 bits per heavy atom. The second-order valence-electron chi connectivity index (χ2n) is 3.69. The molecule has 90 valence electrons. The highest BCUT2D eigenvalue weighted by Crippen LogP contribution is 2.33. The highest BCUT2D eigenvalue weighted by molar-refractivity contribution is 5.81. The van der Waals surface area contributed by atoms with Crippen molar-refractivity contribution < 1.29 is 14.3 Å². The number of ether oxygens (including phenoxy) is 2. The molecule has 0 fully saturated rings. The van der Waals surface area contributed by atoms with Crippen molar-refractivity contribution in [2.75, 3.05) is 14.2 Å². The van der Waals surface area contributed by atoms with Gasteiger partial charge in [0.1, 0.15) is 0 Å². The molecule has 0 aromatic heterocycles. The molecule has 0 aliphatic carbocycles. The van der Waals surface area contributed by atoms with Crippen molar-refractivity contribution in [2.45, 2.75) is 13.0 Å². The van der Waals surface area contributed by atoms with Gasteiger partial charge in [0.15, 0.2) is 11.5 Å². The Labute approximate surface area is 98.1 Å². The van der Waals surface area contributed by atoms with Gasteiger partial charge in [-0.05, 0) is 23.3 Å². The Bertz CT molecular complexity index is 473. The third-order valence-corrected chi connectivity index (χ3v) is 2.75. The Morgan fingerprint density at radius 3 is 2.29 bits per heavy atom. The first-order chi connectivity index (χ1) is 8.19. The quantitative estimate of drug-likeness (QED) is 0.741. The molecule has 2 rings (SSSR count). The monoisotopic (exact) mass is 236 g/mol. The van der Waals surface area contributed by atoms with Crippen LogP contribution in [0.25, 0.3) is 0 Å². The first-order valence-corrected chi connectivity index (χ1v) is 5.07. The zero-order chi connectivity index (χ0) is 12.4. The first kappa shape index (κ1) is 11.4. The van der Waals surface area contributed by atoms with Crippen molar-refractivity contribution in [3.05, 3.63) is 28.2 Å². The zero-order valence-corrected chi connectivity index (χ0v) is 9.60. The number of hydrogen-bond acceptors (Lipinski definition) is 5. The summed E-state index contributed by atoms with van der Waals surface area (Å²) in [5.41, 5.74) is 1.69. The zero-order valence-electron chi connectivity index (χ0n) is 9.60. The maximum absolute atomic E-state index is 11.5. The molecule has 0 atom stereocenters. The largest absolute Gasteiger partial charge is 0.493 e. The van der Waals surface area contributed by atoms with Crippen LogP contribution < -0.4 is 9.47 Å². The molecule has 1 aliphatic rings. The number of carbonyl (C=O) groups excluding carboxylic acids is 1. The predicted octanol–water partition coefficient (Wildman–Crippen LogP) is 1.27. The molecule has 0 radical (unpaired) electrons. The van der Waals surface area contributed by atoms with E-state index < -0.39 is 0 Å². The Balaban J connectivity index is 2.44. The molecule has 1 aromatic rings.